The summed E-state index contributed by atoms with van der Waals surface area (Å²) in [6, 6.07) is 14.8. The molecule has 0 unspecified atom stereocenters. The predicted octanol–water partition coefficient (Wildman–Crippen LogP) is 3.81. The van der Waals surface area contributed by atoms with Crippen molar-refractivity contribution in [2.75, 3.05) is 13.1 Å². The van der Waals surface area contributed by atoms with Crippen LogP contribution in [-0.4, -0.2) is 37.8 Å². The topological polar surface area (TPSA) is 66.5 Å². The number of carbonyl (C=O) groups excluding carboxylic acids is 1. The van der Waals surface area contributed by atoms with Crippen LogP contribution >= 0.6 is 0 Å². The minimum absolute atomic E-state index is 0.0227. The lowest BCUT2D eigenvalue weighted by atomic mass is 10.0. The Hall–Kier alpha value is -2.18. The fraction of sp³-hybridized carbons (Fsp3) is 0.409. The van der Waals surface area contributed by atoms with E-state index < -0.39 is 10.0 Å². The number of sulfonamides is 1. The molecule has 6 heteroatoms. The summed E-state index contributed by atoms with van der Waals surface area (Å²) in [5.41, 5.74) is 2.55. The van der Waals surface area contributed by atoms with E-state index in [0.717, 1.165) is 36.8 Å². The second-order valence-corrected chi connectivity index (χ2v) is 9.61. The lowest BCUT2D eigenvalue weighted by molar-refractivity contribution is 0.0938. The van der Waals surface area contributed by atoms with Gasteiger partial charge in [0.25, 0.3) is 5.91 Å². The molecule has 1 saturated heterocycles. The molecule has 28 heavy (non-hydrogen) atoms. The first-order chi connectivity index (χ1) is 13.5. The first-order valence-corrected chi connectivity index (χ1v) is 11.5. The molecule has 2 aliphatic rings. The van der Waals surface area contributed by atoms with Gasteiger partial charge in [-0.25, -0.2) is 8.42 Å². The highest BCUT2D eigenvalue weighted by molar-refractivity contribution is 7.89. The Balaban J connectivity index is 1.46. The maximum atomic E-state index is 12.6. The molecule has 0 atom stereocenters. The maximum absolute atomic E-state index is 12.6. The SMILES string of the molecule is O=C(NC1CCCC1)c1ccc(-c2ccc(S(=O)(=O)N3CCCC3)cc2)cc1. The maximum Gasteiger partial charge on any atom is 0.251 e. The highest BCUT2D eigenvalue weighted by atomic mass is 32.2. The minimum Gasteiger partial charge on any atom is -0.349 e. The Kier molecular flexibility index (Phi) is 5.51. The Morgan fingerprint density at radius 2 is 1.36 bits per heavy atom. The molecule has 1 aliphatic heterocycles. The fourth-order valence-corrected chi connectivity index (χ4v) is 5.57. The normalized spacial score (nSPS) is 18.4. The molecule has 4 rings (SSSR count). The number of nitrogens with one attached hydrogen (secondary N) is 1. The van der Waals surface area contributed by atoms with Crippen LogP contribution in [0, 0.1) is 0 Å². The van der Waals surface area contributed by atoms with Crippen molar-refractivity contribution in [2.24, 2.45) is 0 Å². The minimum atomic E-state index is -3.39. The van der Waals surface area contributed by atoms with Gasteiger partial charge in [0.1, 0.15) is 0 Å². The standard InChI is InChI=1S/C22H26N2O3S/c25-22(23-20-5-1-2-6-20)19-9-7-17(8-10-19)18-11-13-21(14-12-18)28(26,27)24-15-3-4-16-24/h7-14,20H,1-6,15-16H2,(H,23,25). The number of rotatable bonds is 5. The summed E-state index contributed by atoms with van der Waals surface area (Å²) in [5, 5.41) is 3.09. The Labute approximate surface area is 166 Å². The Morgan fingerprint density at radius 1 is 0.821 bits per heavy atom. The number of hydrogen-bond acceptors (Lipinski definition) is 3. The lowest BCUT2D eigenvalue weighted by Gasteiger charge is -2.15. The van der Waals surface area contributed by atoms with Crippen LogP contribution in [0.15, 0.2) is 53.4 Å². The van der Waals surface area contributed by atoms with Gasteiger partial charge >= 0.3 is 0 Å². The fourth-order valence-electron chi connectivity index (χ4n) is 4.05. The molecule has 0 aromatic heterocycles. The number of hydrogen-bond donors (Lipinski definition) is 1. The van der Waals surface area contributed by atoms with E-state index in [9.17, 15) is 13.2 Å². The average Bonchev–Trinajstić information content (AvgIpc) is 3.43. The van der Waals surface area contributed by atoms with Crippen molar-refractivity contribution in [2.45, 2.75) is 49.5 Å². The van der Waals surface area contributed by atoms with Crippen molar-refractivity contribution in [3.8, 4) is 11.1 Å². The highest BCUT2D eigenvalue weighted by Gasteiger charge is 2.27. The van der Waals surface area contributed by atoms with Crippen LogP contribution in [0.4, 0.5) is 0 Å². The van der Waals surface area contributed by atoms with Gasteiger partial charge in [-0.1, -0.05) is 37.1 Å². The van der Waals surface area contributed by atoms with Gasteiger partial charge in [-0.15, -0.1) is 0 Å². The van der Waals surface area contributed by atoms with Crippen molar-refractivity contribution in [3.63, 3.8) is 0 Å². The second kappa shape index (κ2) is 8.05. The van der Waals surface area contributed by atoms with Crippen LogP contribution in [0.1, 0.15) is 48.9 Å². The summed E-state index contributed by atoms with van der Waals surface area (Å²) < 4.78 is 26.8. The molecule has 148 valence electrons. The van der Waals surface area contributed by atoms with Gasteiger partial charge in [-0.2, -0.15) is 4.31 Å². The van der Waals surface area contributed by atoms with Crippen molar-refractivity contribution >= 4 is 15.9 Å². The number of amides is 1. The molecule has 2 aromatic rings. The highest BCUT2D eigenvalue weighted by Crippen LogP contribution is 2.25. The summed E-state index contributed by atoms with van der Waals surface area (Å²) in [6.07, 6.45) is 6.36. The molecular weight excluding hydrogens is 372 g/mol. The zero-order valence-electron chi connectivity index (χ0n) is 15.9. The van der Waals surface area contributed by atoms with Crippen LogP contribution in [0.5, 0.6) is 0 Å². The molecule has 1 aliphatic carbocycles. The molecule has 1 heterocycles. The van der Waals surface area contributed by atoms with Gasteiger partial charge in [0.05, 0.1) is 4.90 Å². The van der Waals surface area contributed by atoms with E-state index in [1.54, 1.807) is 16.4 Å². The monoisotopic (exact) mass is 398 g/mol. The van der Waals surface area contributed by atoms with Crippen LogP contribution in [0.25, 0.3) is 11.1 Å². The van der Waals surface area contributed by atoms with E-state index in [1.807, 2.05) is 36.4 Å². The first-order valence-electron chi connectivity index (χ1n) is 10.1. The molecule has 0 spiro atoms. The third kappa shape index (κ3) is 3.98. The van der Waals surface area contributed by atoms with Gasteiger partial charge in [-0.3, -0.25) is 4.79 Å². The molecule has 1 amide bonds. The summed E-state index contributed by atoms with van der Waals surface area (Å²) in [4.78, 5) is 12.7. The van der Waals surface area contributed by atoms with E-state index in [0.29, 0.717) is 29.6 Å². The van der Waals surface area contributed by atoms with E-state index >= 15 is 0 Å². The van der Waals surface area contributed by atoms with Crippen molar-refractivity contribution in [1.29, 1.82) is 0 Å². The van der Waals surface area contributed by atoms with Crippen molar-refractivity contribution in [1.82, 2.24) is 9.62 Å². The molecule has 0 bridgehead atoms. The summed E-state index contributed by atoms with van der Waals surface area (Å²) in [7, 11) is -3.39. The molecule has 1 saturated carbocycles. The second-order valence-electron chi connectivity index (χ2n) is 7.67. The summed E-state index contributed by atoms with van der Waals surface area (Å²) in [6.45, 7) is 1.21. The van der Waals surface area contributed by atoms with E-state index in [1.165, 1.54) is 12.8 Å². The summed E-state index contributed by atoms with van der Waals surface area (Å²) in [5.74, 6) is -0.0227. The van der Waals surface area contributed by atoms with Crippen LogP contribution in [0.3, 0.4) is 0 Å². The van der Waals surface area contributed by atoms with Gasteiger partial charge in [-0.05, 0) is 61.1 Å². The van der Waals surface area contributed by atoms with E-state index in [-0.39, 0.29) is 5.91 Å². The van der Waals surface area contributed by atoms with Gasteiger partial charge in [0.2, 0.25) is 10.0 Å². The van der Waals surface area contributed by atoms with E-state index in [4.69, 9.17) is 0 Å². The van der Waals surface area contributed by atoms with E-state index in [2.05, 4.69) is 5.32 Å². The van der Waals surface area contributed by atoms with Gasteiger partial charge in [0, 0.05) is 24.7 Å². The third-order valence-corrected chi connectivity index (χ3v) is 7.64. The first kappa shape index (κ1) is 19.2. The van der Waals surface area contributed by atoms with Gasteiger partial charge in [0.15, 0.2) is 0 Å². The van der Waals surface area contributed by atoms with Crippen LogP contribution in [0.2, 0.25) is 0 Å². The van der Waals surface area contributed by atoms with Crippen LogP contribution < -0.4 is 5.32 Å². The number of carbonyl (C=O) groups is 1. The number of nitrogens with zero attached hydrogens (tertiary/aromatic N) is 1. The molecule has 2 aromatic carbocycles. The molecule has 1 N–H and O–H groups in total. The van der Waals surface area contributed by atoms with Crippen LogP contribution in [-0.2, 0) is 10.0 Å². The lowest BCUT2D eigenvalue weighted by Crippen LogP contribution is -2.32. The molecule has 2 fully saturated rings. The molecular formula is C22H26N2O3S. The number of benzene rings is 2. The molecule has 0 radical (unpaired) electrons. The average molecular weight is 399 g/mol. The zero-order chi connectivity index (χ0) is 19.6. The summed E-state index contributed by atoms with van der Waals surface area (Å²) >= 11 is 0. The Bertz CT molecular complexity index is 925. The third-order valence-electron chi connectivity index (χ3n) is 5.73. The predicted molar refractivity (Wildman–Crippen MR) is 110 cm³/mol. The van der Waals surface area contributed by atoms with Gasteiger partial charge < -0.3 is 5.32 Å². The zero-order valence-corrected chi connectivity index (χ0v) is 16.7. The quantitative estimate of drug-likeness (QED) is 0.833. The van der Waals surface area contributed by atoms with Crippen molar-refractivity contribution in [3.05, 3.63) is 54.1 Å². The van der Waals surface area contributed by atoms with Crippen molar-refractivity contribution < 1.29 is 13.2 Å². The Morgan fingerprint density at radius 3 is 1.93 bits per heavy atom. The molecule has 5 nitrogen and oxygen atoms in total. The smallest absolute Gasteiger partial charge is 0.251 e. The largest absolute Gasteiger partial charge is 0.349 e.